The highest BCUT2D eigenvalue weighted by molar-refractivity contribution is 5.45. The number of hydrogen-bond acceptors (Lipinski definition) is 3. The molecule has 0 aromatic heterocycles. The molecule has 19 heavy (non-hydrogen) atoms. The second-order valence-electron chi connectivity index (χ2n) is 6.51. The molecule has 0 saturated heterocycles. The summed E-state index contributed by atoms with van der Waals surface area (Å²) in [7, 11) is 0. The zero-order valence-electron chi connectivity index (χ0n) is 12.6. The van der Waals surface area contributed by atoms with E-state index < -0.39 is 0 Å². The Morgan fingerprint density at radius 1 is 1.16 bits per heavy atom. The number of ether oxygens (including phenoxy) is 2. The fraction of sp³-hybridized carbons (Fsp3) is 0.625. The summed E-state index contributed by atoms with van der Waals surface area (Å²) in [5, 5.41) is 3.60. The SMILES string of the molecule is CC(NCC(C)C(C)(C)C)c1ccc2c(c1)OCO2. The van der Waals surface area contributed by atoms with Gasteiger partial charge in [0.25, 0.3) is 0 Å². The Morgan fingerprint density at radius 3 is 2.53 bits per heavy atom. The molecule has 0 bridgehead atoms. The standard InChI is InChI=1S/C16H25NO2/c1-11(16(3,4)5)9-17-12(2)13-6-7-14-15(8-13)19-10-18-14/h6-8,11-12,17H,9-10H2,1-5H3. The smallest absolute Gasteiger partial charge is 0.231 e. The summed E-state index contributed by atoms with van der Waals surface area (Å²) in [6, 6.07) is 6.48. The van der Waals surface area contributed by atoms with Crippen LogP contribution in [0.3, 0.4) is 0 Å². The summed E-state index contributed by atoms with van der Waals surface area (Å²) < 4.78 is 10.8. The molecule has 3 heteroatoms. The van der Waals surface area contributed by atoms with Crippen molar-refractivity contribution in [1.29, 1.82) is 0 Å². The van der Waals surface area contributed by atoms with Gasteiger partial charge in [-0.3, -0.25) is 0 Å². The molecule has 106 valence electrons. The van der Waals surface area contributed by atoms with Gasteiger partial charge >= 0.3 is 0 Å². The van der Waals surface area contributed by atoms with Crippen LogP contribution >= 0.6 is 0 Å². The summed E-state index contributed by atoms with van der Waals surface area (Å²) in [5.41, 5.74) is 1.58. The molecule has 0 spiro atoms. The normalized spacial score (nSPS) is 17.3. The van der Waals surface area contributed by atoms with E-state index in [9.17, 15) is 0 Å². The van der Waals surface area contributed by atoms with Gasteiger partial charge < -0.3 is 14.8 Å². The fourth-order valence-electron chi connectivity index (χ4n) is 1.96. The lowest BCUT2D eigenvalue weighted by Gasteiger charge is -2.29. The van der Waals surface area contributed by atoms with Crippen molar-refractivity contribution in [2.45, 2.75) is 40.7 Å². The average Bonchev–Trinajstić information content (AvgIpc) is 2.81. The van der Waals surface area contributed by atoms with Gasteiger partial charge in [-0.05, 0) is 42.5 Å². The molecule has 1 heterocycles. The van der Waals surface area contributed by atoms with Crippen LogP contribution in [0.15, 0.2) is 18.2 Å². The van der Waals surface area contributed by atoms with Crippen molar-refractivity contribution >= 4 is 0 Å². The van der Waals surface area contributed by atoms with Crippen molar-refractivity contribution in [3.8, 4) is 11.5 Å². The Labute approximate surface area is 116 Å². The highest BCUT2D eigenvalue weighted by Crippen LogP contribution is 2.34. The molecule has 1 aromatic carbocycles. The van der Waals surface area contributed by atoms with Gasteiger partial charge in [0.2, 0.25) is 6.79 Å². The van der Waals surface area contributed by atoms with E-state index in [0.717, 1.165) is 18.0 Å². The minimum Gasteiger partial charge on any atom is -0.454 e. The van der Waals surface area contributed by atoms with Crippen molar-refractivity contribution in [3.05, 3.63) is 23.8 Å². The Hall–Kier alpha value is -1.22. The van der Waals surface area contributed by atoms with Crippen molar-refractivity contribution in [3.63, 3.8) is 0 Å². The number of rotatable bonds is 4. The zero-order valence-corrected chi connectivity index (χ0v) is 12.6. The van der Waals surface area contributed by atoms with E-state index in [0.29, 0.717) is 24.2 Å². The summed E-state index contributed by atoms with van der Waals surface area (Å²) >= 11 is 0. The van der Waals surface area contributed by atoms with Crippen LogP contribution in [-0.4, -0.2) is 13.3 Å². The van der Waals surface area contributed by atoms with E-state index in [1.165, 1.54) is 5.56 Å². The highest BCUT2D eigenvalue weighted by atomic mass is 16.7. The minimum absolute atomic E-state index is 0.319. The molecule has 1 aliphatic rings. The molecule has 0 saturated carbocycles. The Morgan fingerprint density at radius 2 is 1.84 bits per heavy atom. The Bertz CT molecular complexity index is 437. The average molecular weight is 263 g/mol. The van der Waals surface area contributed by atoms with Gasteiger partial charge in [0.1, 0.15) is 0 Å². The number of fused-ring (bicyclic) bond motifs is 1. The minimum atomic E-state index is 0.319. The number of hydrogen-bond donors (Lipinski definition) is 1. The topological polar surface area (TPSA) is 30.5 Å². The summed E-state index contributed by atoms with van der Waals surface area (Å²) in [6.07, 6.45) is 0. The van der Waals surface area contributed by atoms with Gasteiger partial charge in [-0.2, -0.15) is 0 Å². The van der Waals surface area contributed by atoms with E-state index in [4.69, 9.17) is 9.47 Å². The maximum atomic E-state index is 5.42. The molecule has 1 aliphatic heterocycles. The van der Waals surface area contributed by atoms with Crippen molar-refractivity contribution in [2.24, 2.45) is 11.3 Å². The molecule has 0 fully saturated rings. The zero-order chi connectivity index (χ0) is 14.0. The van der Waals surface area contributed by atoms with Crippen LogP contribution < -0.4 is 14.8 Å². The molecule has 0 amide bonds. The number of benzene rings is 1. The third-order valence-corrected chi connectivity index (χ3v) is 4.11. The van der Waals surface area contributed by atoms with Gasteiger partial charge in [0.15, 0.2) is 11.5 Å². The second-order valence-corrected chi connectivity index (χ2v) is 6.51. The molecular weight excluding hydrogens is 238 g/mol. The van der Waals surface area contributed by atoms with Gasteiger partial charge in [-0.1, -0.05) is 33.8 Å². The Kier molecular flexibility index (Phi) is 4.04. The maximum absolute atomic E-state index is 5.42. The molecule has 2 rings (SSSR count). The first-order valence-electron chi connectivity index (χ1n) is 7.01. The molecule has 0 radical (unpaired) electrons. The first kappa shape index (κ1) is 14.2. The fourth-order valence-corrected chi connectivity index (χ4v) is 1.96. The van der Waals surface area contributed by atoms with Gasteiger partial charge in [0.05, 0.1) is 0 Å². The van der Waals surface area contributed by atoms with Crippen LogP contribution in [0.5, 0.6) is 11.5 Å². The van der Waals surface area contributed by atoms with Crippen LogP contribution in [0, 0.1) is 11.3 Å². The molecule has 1 N–H and O–H groups in total. The predicted molar refractivity (Wildman–Crippen MR) is 77.6 cm³/mol. The molecule has 1 aromatic rings. The first-order chi connectivity index (χ1) is 8.88. The number of nitrogens with one attached hydrogen (secondary N) is 1. The summed E-state index contributed by atoms with van der Waals surface area (Å²) in [6.45, 7) is 12.7. The highest BCUT2D eigenvalue weighted by Gasteiger charge is 2.21. The largest absolute Gasteiger partial charge is 0.454 e. The predicted octanol–water partition coefficient (Wildman–Crippen LogP) is 3.75. The molecule has 2 atom stereocenters. The van der Waals surface area contributed by atoms with Crippen LogP contribution in [0.4, 0.5) is 0 Å². The van der Waals surface area contributed by atoms with Crippen LogP contribution in [-0.2, 0) is 0 Å². The third-order valence-electron chi connectivity index (χ3n) is 4.11. The lowest BCUT2D eigenvalue weighted by molar-refractivity contribution is 0.174. The van der Waals surface area contributed by atoms with E-state index >= 15 is 0 Å². The van der Waals surface area contributed by atoms with Crippen LogP contribution in [0.2, 0.25) is 0 Å². The monoisotopic (exact) mass is 263 g/mol. The van der Waals surface area contributed by atoms with Gasteiger partial charge in [-0.25, -0.2) is 0 Å². The van der Waals surface area contributed by atoms with Crippen LogP contribution in [0.1, 0.15) is 46.2 Å². The van der Waals surface area contributed by atoms with Crippen molar-refractivity contribution in [1.82, 2.24) is 5.32 Å². The molecule has 0 aliphatic carbocycles. The summed E-state index contributed by atoms with van der Waals surface area (Å²) in [4.78, 5) is 0. The van der Waals surface area contributed by atoms with Crippen molar-refractivity contribution < 1.29 is 9.47 Å². The van der Waals surface area contributed by atoms with E-state index in [1.807, 2.05) is 6.07 Å². The molecule has 3 nitrogen and oxygen atoms in total. The molecule has 2 unspecified atom stereocenters. The maximum Gasteiger partial charge on any atom is 0.231 e. The van der Waals surface area contributed by atoms with Crippen molar-refractivity contribution in [2.75, 3.05) is 13.3 Å². The first-order valence-corrected chi connectivity index (χ1v) is 7.01. The van der Waals surface area contributed by atoms with Gasteiger partial charge in [-0.15, -0.1) is 0 Å². The van der Waals surface area contributed by atoms with E-state index in [1.54, 1.807) is 0 Å². The Balaban J connectivity index is 1.95. The lowest BCUT2D eigenvalue weighted by Crippen LogP contribution is -2.31. The lowest BCUT2D eigenvalue weighted by atomic mass is 9.82. The third kappa shape index (κ3) is 3.41. The quantitative estimate of drug-likeness (QED) is 0.897. The van der Waals surface area contributed by atoms with Crippen LogP contribution in [0.25, 0.3) is 0 Å². The van der Waals surface area contributed by atoms with Gasteiger partial charge in [0, 0.05) is 6.04 Å². The molecular formula is C16H25NO2. The van der Waals surface area contributed by atoms with E-state index in [2.05, 4.69) is 52.1 Å². The van der Waals surface area contributed by atoms with E-state index in [-0.39, 0.29) is 0 Å². The summed E-state index contributed by atoms with van der Waals surface area (Å²) in [5.74, 6) is 2.33. The second kappa shape index (κ2) is 5.41.